The summed E-state index contributed by atoms with van der Waals surface area (Å²) in [5, 5.41) is 18.4. The van der Waals surface area contributed by atoms with Crippen molar-refractivity contribution in [2.45, 2.75) is 32.7 Å². The highest BCUT2D eigenvalue weighted by atomic mass is 16.5. The summed E-state index contributed by atoms with van der Waals surface area (Å²) < 4.78 is 5.64. The molecule has 0 radical (unpaired) electrons. The van der Waals surface area contributed by atoms with E-state index in [9.17, 15) is 9.59 Å². The van der Waals surface area contributed by atoms with Gasteiger partial charge in [0, 0.05) is 50.1 Å². The summed E-state index contributed by atoms with van der Waals surface area (Å²) in [6.07, 6.45) is 3.81. The molecule has 0 atom stereocenters. The highest BCUT2D eigenvalue weighted by Gasteiger charge is 2.23. The molecule has 3 rings (SSSR count). The van der Waals surface area contributed by atoms with Crippen molar-refractivity contribution < 1.29 is 9.53 Å². The minimum absolute atomic E-state index is 0.0298. The number of piperazine rings is 1. The van der Waals surface area contributed by atoms with Crippen LogP contribution >= 0.6 is 0 Å². The third kappa shape index (κ3) is 6.04. The van der Waals surface area contributed by atoms with Crippen LogP contribution in [-0.4, -0.2) is 70.9 Å². The van der Waals surface area contributed by atoms with Gasteiger partial charge in [0.2, 0.25) is 5.91 Å². The van der Waals surface area contributed by atoms with Crippen LogP contribution in [0.15, 0.2) is 29.3 Å². The molecule has 0 spiro atoms. The van der Waals surface area contributed by atoms with E-state index < -0.39 is 0 Å². The number of nitrogens with zero attached hydrogens (tertiary/aromatic N) is 5. The molecule has 10 heteroatoms. The monoisotopic (exact) mass is 439 g/mol. The molecule has 10 nitrogen and oxygen atoms in total. The van der Waals surface area contributed by atoms with E-state index in [0.717, 1.165) is 5.82 Å². The molecule has 0 aliphatic carbocycles. The van der Waals surface area contributed by atoms with Crippen molar-refractivity contribution in [3.8, 4) is 6.07 Å². The fourth-order valence-electron chi connectivity index (χ4n) is 3.41. The van der Waals surface area contributed by atoms with E-state index in [1.54, 1.807) is 30.3 Å². The number of aromatic nitrogens is 3. The first-order chi connectivity index (χ1) is 15.3. The van der Waals surface area contributed by atoms with Crippen molar-refractivity contribution in [2.24, 2.45) is 0 Å². The second kappa shape index (κ2) is 10.2. The Hall–Kier alpha value is -3.45. The summed E-state index contributed by atoms with van der Waals surface area (Å²) >= 11 is 0. The predicted octanol–water partition coefficient (Wildman–Crippen LogP) is 1.29. The van der Waals surface area contributed by atoms with Crippen LogP contribution in [0.2, 0.25) is 0 Å². The Labute approximate surface area is 187 Å². The van der Waals surface area contributed by atoms with E-state index in [0.29, 0.717) is 56.0 Å². The number of rotatable bonds is 8. The Bertz CT molecular complexity index is 1020. The van der Waals surface area contributed by atoms with E-state index in [2.05, 4.69) is 31.5 Å². The Balaban J connectivity index is 1.39. The summed E-state index contributed by atoms with van der Waals surface area (Å²) in [4.78, 5) is 32.4. The summed E-state index contributed by atoms with van der Waals surface area (Å²) in [7, 11) is 0. The molecule has 0 aromatic carbocycles. The lowest BCUT2D eigenvalue weighted by molar-refractivity contribution is -0.136. The zero-order chi connectivity index (χ0) is 23.1. The number of aromatic amines is 1. The highest BCUT2D eigenvalue weighted by molar-refractivity contribution is 5.77. The number of pyridine rings is 1. The van der Waals surface area contributed by atoms with Crippen LogP contribution < -0.4 is 15.8 Å². The number of nitriles is 1. The van der Waals surface area contributed by atoms with Crippen molar-refractivity contribution in [1.29, 1.82) is 5.26 Å². The molecule has 1 aliphatic rings. The topological polar surface area (TPSA) is 127 Å². The first kappa shape index (κ1) is 23.2. The van der Waals surface area contributed by atoms with Gasteiger partial charge in [-0.1, -0.05) is 0 Å². The van der Waals surface area contributed by atoms with Crippen molar-refractivity contribution in [3.05, 3.63) is 46.0 Å². The summed E-state index contributed by atoms with van der Waals surface area (Å²) in [6.45, 7) is 8.79. The number of carbonyl (C=O) groups excluding carboxylic acids is 1. The van der Waals surface area contributed by atoms with E-state index in [-0.39, 0.29) is 23.6 Å². The number of amides is 1. The zero-order valence-electron chi connectivity index (χ0n) is 18.7. The number of anilines is 2. The molecule has 2 aromatic rings. The van der Waals surface area contributed by atoms with Gasteiger partial charge in [0.15, 0.2) is 0 Å². The van der Waals surface area contributed by atoms with Crippen LogP contribution in [0.4, 0.5) is 11.5 Å². The number of hydrogen-bond acceptors (Lipinski definition) is 8. The molecule has 1 amide bonds. The molecular formula is C22H29N7O3. The lowest BCUT2D eigenvalue weighted by atomic mass is 10.0. The third-order valence-corrected chi connectivity index (χ3v) is 5.51. The first-order valence-electron chi connectivity index (χ1n) is 10.6. The van der Waals surface area contributed by atoms with Crippen molar-refractivity contribution in [2.75, 3.05) is 49.6 Å². The van der Waals surface area contributed by atoms with Gasteiger partial charge in [-0.2, -0.15) is 10.4 Å². The maximum absolute atomic E-state index is 12.5. The number of carbonyl (C=O) groups is 1. The molecule has 0 bridgehead atoms. The molecule has 1 saturated heterocycles. The molecule has 2 aromatic heterocycles. The van der Waals surface area contributed by atoms with Gasteiger partial charge >= 0.3 is 0 Å². The average molecular weight is 440 g/mol. The quantitative estimate of drug-likeness (QED) is 0.589. The van der Waals surface area contributed by atoms with Crippen LogP contribution in [-0.2, 0) is 9.53 Å². The molecule has 3 heterocycles. The van der Waals surface area contributed by atoms with Gasteiger partial charge in [-0.3, -0.25) is 9.59 Å². The van der Waals surface area contributed by atoms with E-state index in [4.69, 9.17) is 10.00 Å². The molecular weight excluding hydrogens is 410 g/mol. The van der Waals surface area contributed by atoms with Crippen LogP contribution in [0.5, 0.6) is 0 Å². The smallest absolute Gasteiger partial charge is 0.269 e. The molecule has 1 aliphatic heterocycles. The molecule has 0 unspecified atom stereocenters. The second-order valence-electron chi connectivity index (χ2n) is 8.43. The Morgan fingerprint density at radius 1 is 1.28 bits per heavy atom. The summed E-state index contributed by atoms with van der Waals surface area (Å²) in [6, 6.07) is 5.64. The molecule has 0 saturated carbocycles. The van der Waals surface area contributed by atoms with Gasteiger partial charge in [-0.15, -0.1) is 0 Å². The van der Waals surface area contributed by atoms with Gasteiger partial charge < -0.3 is 19.9 Å². The van der Waals surface area contributed by atoms with Gasteiger partial charge in [0.05, 0.1) is 17.4 Å². The van der Waals surface area contributed by atoms with Crippen LogP contribution in [0.3, 0.4) is 0 Å². The summed E-state index contributed by atoms with van der Waals surface area (Å²) in [5.74, 6) is 0.783. The standard InChI is InChI=1S/C22H29N7O3/c1-16-18(14-25-27-21(16)31)26-22(2,3)6-11-32-15-20(30)29-9-7-28(8-10-29)19-5-4-17(12-23)13-24-19/h4-5,13-14H,6-11,15H2,1-3H3,(H2,26,27,31). The number of ether oxygens (including phenoxy) is 1. The van der Waals surface area contributed by atoms with Crippen LogP contribution in [0, 0.1) is 18.3 Å². The number of H-pyrrole nitrogens is 1. The SMILES string of the molecule is Cc1c(NC(C)(C)CCOCC(=O)N2CCN(c3ccc(C#N)cn3)CC2)cn[nH]c1=O. The van der Waals surface area contributed by atoms with E-state index in [1.807, 2.05) is 19.9 Å². The maximum atomic E-state index is 12.5. The number of hydrogen-bond donors (Lipinski definition) is 2. The molecule has 170 valence electrons. The lowest BCUT2D eigenvalue weighted by Crippen LogP contribution is -2.50. The molecule has 1 fully saturated rings. The van der Waals surface area contributed by atoms with E-state index >= 15 is 0 Å². The van der Waals surface area contributed by atoms with Gasteiger partial charge in [0.25, 0.3) is 5.56 Å². The average Bonchev–Trinajstić information content (AvgIpc) is 2.80. The highest BCUT2D eigenvalue weighted by Crippen LogP contribution is 2.19. The minimum atomic E-state index is -0.330. The Morgan fingerprint density at radius 3 is 2.69 bits per heavy atom. The van der Waals surface area contributed by atoms with Gasteiger partial charge in [-0.25, -0.2) is 10.1 Å². The normalized spacial score (nSPS) is 14.2. The van der Waals surface area contributed by atoms with E-state index in [1.165, 1.54) is 0 Å². The fourth-order valence-corrected chi connectivity index (χ4v) is 3.41. The van der Waals surface area contributed by atoms with Crippen molar-refractivity contribution in [1.82, 2.24) is 20.1 Å². The first-order valence-corrected chi connectivity index (χ1v) is 10.6. The maximum Gasteiger partial charge on any atom is 0.269 e. The van der Waals surface area contributed by atoms with Gasteiger partial charge in [-0.05, 0) is 39.3 Å². The predicted molar refractivity (Wildman–Crippen MR) is 120 cm³/mol. The second-order valence-corrected chi connectivity index (χ2v) is 8.43. The molecule has 32 heavy (non-hydrogen) atoms. The van der Waals surface area contributed by atoms with Crippen molar-refractivity contribution >= 4 is 17.4 Å². The Kier molecular flexibility index (Phi) is 7.43. The lowest BCUT2D eigenvalue weighted by Gasteiger charge is -2.35. The fraction of sp³-hybridized carbons (Fsp3) is 0.500. The van der Waals surface area contributed by atoms with Gasteiger partial charge in [0.1, 0.15) is 18.5 Å². The minimum Gasteiger partial charge on any atom is -0.378 e. The van der Waals surface area contributed by atoms with Crippen molar-refractivity contribution in [3.63, 3.8) is 0 Å². The van der Waals surface area contributed by atoms with Crippen LogP contribution in [0.25, 0.3) is 0 Å². The zero-order valence-corrected chi connectivity index (χ0v) is 18.7. The molecule has 2 N–H and O–H groups in total. The number of nitrogens with one attached hydrogen (secondary N) is 2. The summed E-state index contributed by atoms with van der Waals surface area (Å²) in [5.41, 5.74) is 1.25. The Morgan fingerprint density at radius 2 is 2.03 bits per heavy atom. The largest absolute Gasteiger partial charge is 0.378 e. The third-order valence-electron chi connectivity index (χ3n) is 5.51. The van der Waals surface area contributed by atoms with Crippen LogP contribution in [0.1, 0.15) is 31.4 Å².